The van der Waals surface area contributed by atoms with E-state index in [0.29, 0.717) is 23.8 Å². The summed E-state index contributed by atoms with van der Waals surface area (Å²) in [6.45, 7) is 0.581. The van der Waals surface area contributed by atoms with Crippen LogP contribution >= 0.6 is 0 Å². The van der Waals surface area contributed by atoms with Crippen molar-refractivity contribution in [3.05, 3.63) is 36.2 Å². The summed E-state index contributed by atoms with van der Waals surface area (Å²) in [7, 11) is 0. The fourth-order valence-corrected chi connectivity index (χ4v) is 1.58. The molecule has 6 heteroatoms. The van der Waals surface area contributed by atoms with Gasteiger partial charge >= 0.3 is 6.01 Å². The van der Waals surface area contributed by atoms with Crippen molar-refractivity contribution >= 4 is 0 Å². The van der Waals surface area contributed by atoms with Gasteiger partial charge < -0.3 is 19.9 Å². The van der Waals surface area contributed by atoms with Crippen molar-refractivity contribution in [2.24, 2.45) is 5.73 Å². The van der Waals surface area contributed by atoms with Crippen LogP contribution in [-0.4, -0.2) is 16.8 Å². The van der Waals surface area contributed by atoms with Crippen molar-refractivity contribution in [2.75, 3.05) is 6.79 Å². The first-order valence-corrected chi connectivity index (χ1v) is 5.44. The molecule has 0 radical (unpaired) electrons. The van der Waals surface area contributed by atoms with Crippen LogP contribution in [-0.2, 0) is 6.54 Å². The topological polar surface area (TPSA) is 79.5 Å². The van der Waals surface area contributed by atoms with E-state index in [0.717, 1.165) is 5.69 Å². The predicted octanol–water partition coefficient (Wildman–Crippen LogP) is 1.46. The Labute approximate surface area is 103 Å². The van der Waals surface area contributed by atoms with Gasteiger partial charge in [-0.15, -0.1) is 0 Å². The van der Waals surface area contributed by atoms with Gasteiger partial charge in [-0.2, -0.15) is 4.98 Å². The van der Waals surface area contributed by atoms with Crippen LogP contribution in [0.15, 0.2) is 30.5 Å². The summed E-state index contributed by atoms with van der Waals surface area (Å²) in [6, 6.07) is 7.29. The summed E-state index contributed by atoms with van der Waals surface area (Å²) in [5, 5.41) is 0. The van der Waals surface area contributed by atoms with Crippen LogP contribution in [0.5, 0.6) is 23.3 Å². The largest absolute Gasteiger partial charge is 0.454 e. The van der Waals surface area contributed by atoms with Gasteiger partial charge in [0.1, 0.15) is 5.75 Å². The Morgan fingerprint density at radius 2 is 2.11 bits per heavy atom. The molecule has 0 saturated carbocycles. The second kappa shape index (κ2) is 4.50. The number of fused-ring (bicyclic) bond motifs is 1. The number of hydrogen-bond donors (Lipinski definition) is 1. The number of aromatic nitrogens is 2. The molecule has 0 fully saturated rings. The highest BCUT2D eigenvalue weighted by Crippen LogP contribution is 2.35. The van der Waals surface area contributed by atoms with Gasteiger partial charge in [0, 0.05) is 18.8 Å². The van der Waals surface area contributed by atoms with Gasteiger partial charge in [-0.3, -0.25) is 0 Å². The SMILES string of the molecule is NCc1ccnc(Oc2ccc3c(c2)OCO3)n1. The fourth-order valence-electron chi connectivity index (χ4n) is 1.58. The zero-order chi connectivity index (χ0) is 12.4. The third-order valence-corrected chi connectivity index (χ3v) is 2.45. The lowest BCUT2D eigenvalue weighted by atomic mass is 10.3. The molecule has 1 aromatic carbocycles. The van der Waals surface area contributed by atoms with Crippen LogP contribution < -0.4 is 19.9 Å². The highest BCUT2D eigenvalue weighted by atomic mass is 16.7. The highest BCUT2D eigenvalue weighted by molar-refractivity contribution is 5.47. The summed E-state index contributed by atoms with van der Waals surface area (Å²) in [5.41, 5.74) is 6.23. The lowest BCUT2D eigenvalue weighted by Gasteiger charge is -2.05. The lowest BCUT2D eigenvalue weighted by Crippen LogP contribution is -2.01. The summed E-state index contributed by atoms with van der Waals surface area (Å²) < 4.78 is 16.0. The lowest BCUT2D eigenvalue weighted by molar-refractivity contribution is 0.174. The van der Waals surface area contributed by atoms with E-state index in [9.17, 15) is 0 Å². The molecule has 3 rings (SSSR count). The average Bonchev–Trinajstić information content (AvgIpc) is 2.86. The third kappa shape index (κ3) is 2.05. The Morgan fingerprint density at radius 3 is 3.00 bits per heavy atom. The van der Waals surface area contributed by atoms with Crippen molar-refractivity contribution in [1.82, 2.24) is 9.97 Å². The minimum Gasteiger partial charge on any atom is -0.454 e. The molecule has 18 heavy (non-hydrogen) atoms. The first kappa shape index (κ1) is 10.8. The summed E-state index contributed by atoms with van der Waals surface area (Å²) in [4.78, 5) is 8.16. The standard InChI is InChI=1S/C12H11N3O3/c13-6-8-3-4-14-12(15-8)18-9-1-2-10-11(5-9)17-7-16-10/h1-5H,6-7,13H2. The second-order valence-electron chi connectivity index (χ2n) is 3.65. The number of nitrogens with two attached hydrogens (primary N) is 1. The van der Waals surface area contributed by atoms with E-state index in [1.807, 2.05) is 0 Å². The molecule has 0 atom stereocenters. The molecule has 1 aromatic heterocycles. The molecule has 1 aliphatic heterocycles. The average molecular weight is 245 g/mol. The van der Waals surface area contributed by atoms with Crippen LogP contribution in [0.25, 0.3) is 0 Å². The second-order valence-corrected chi connectivity index (χ2v) is 3.65. The normalized spacial score (nSPS) is 12.5. The molecule has 2 heterocycles. The molecule has 6 nitrogen and oxygen atoms in total. The van der Waals surface area contributed by atoms with Crippen molar-refractivity contribution in [3.8, 4) is 23.3 Å². The fraction of sp³-hybridized carbons (Fsp3) is 0.167. The summed E-state index contributed by atoms with van der Waals surface area (Å²) in [5.74, 6) is 1.95. The van der Waals surface area contributed by atoms with E-state index in [4.69, 9.17) is 19.9 Å². The zero-order valence-electron chi connectivity index (χ0n) is 9.50. The molecule has 1 aliphatic rings. The first-order valence-electron chi connectivity index (χ1n) is 5.44. The number of hydrogen-bond acceptors (Lipinski definition) is 6. The maximum atomic E-state index is 5.53. The molecule has 92 valence electrons. The van der Waals surface area contributed by atoms with Gasteiger partial charge in [-0.05, 0) is 18.2 Å². The summed E-state index contributed by atoms with van der Waals surface area (Å²) in [6.07, 6.45) is 1.61. The summed E-state index contributed by atoms with van der Waals surface area (Å²) >= 11 is 0. The number of benzene rings is 1. The van der Waals surface area contributed by atoms with E-state index in [2.05, 4.69) is 9.97 Å². The van der Waals surface area contributed by atoms with Crippen LogP contribution in [0, 0.1) is 0 Å². The molecule has 0 unspecified atom stereocenters. The van der Waals surface area contributed by atoms with Crippen LogP contribution in [0.2, 0.25) is 0 Å². The van der Waals surface area contributed by atoms with Crippen LogP contribution in [0.3, 0.4) is 0 Å². The van der Waals surface area contributed by atoms with Crippen LogP contribution in [0.4, 0.5) is 0 Å². The molecule has 0 saturated heterocycles. The Morgan fingerprint density at radius 1 is 1.22 bits per heavy atom. The Bertz CT molecular complexity index is 574. The first-order chi connectivity index (χ1) is 8.85. The van der Waals surface area contributed by atoms with Gasteiger partial charge in [0.25, 0.3) is 0 Å². The number of rotatable bonds is 3. The molecular formula is C12H11N3O3. The maximum Gasteiger partial charge on any atom is 0.322 e. The Kier molecular flexibility index (Phi) is 2.70. The molecule has 2 aromatic rings. The van der Waals surface area contributed by atoms with Crippen molar-refractivity contribution < 1.29 is 14.2 Å². The third-order valence-electron chi connectivity index (χ3n) is 2.45. The van der Waals surface area contributed by atoms with Gasteiger partial charge in [0.05, 0.1) is 5.69 Å². The molecular weight excluding hydrogens is 234 g/mol. The number of nitrogens with zero attached hydrogens (tertiary/aromatic N) is 2. The molecule has 2 N–H and O–H groups in total. The Balaban J connectivity index is 1.83. The predicted molar refractivity (Wildman–Crippen MR) is 62.6 cm³/mol. The van der Waals surface area contributed by atoms with Gasteiger partial charge in [0.15, 0.2) is 11.5 Å². The van der Waals surface area contributed by atoms with Gasteiger partial charge in [0.2, 0.25) is 6.79 Å². The van der Waals surface area contributed by atoms with Gasteiger partial charge in [-0.1, -0.05) is 0 Å². The van der Waals surface area contributed by atoms with Crippen molar-refractivity contribution in [1.29, 1.82) is 0 Å². The van der Waals surface area contributed by atoms with E-state index >= 15 is 0 Å². The minimum absolute atomic E-state index is 0.234. The van der Waals surface area contributed by atoms with E-state index in [1.54, 1.807) is 30.5 Å². The zero-order valence-corrected chi connectivity index (χ0v) is 9.50. The van der Waals surface area contributed by atoms with E-state index in [1.165, 1.54) is 0 Å². The monoisotopic (exact) mass is 245 g/mol. The minimum atomic E-state index is 0.234. The molecule has 0 bridgehead atoms. The smallest absolute Gasteiger partial charge is 0.322 e. The van der Waals surface area contributed by atoms with Crippen LogP contribution in [0.1, 0.15) is 5.69 Å². The highest BCUT2D eigenvalue weighted by Gasteiger charge is 2.14. The van der Waals surface area contributed by atoms with E-state index in [-0.39, 0.29) is 12.8 Å². The van der Waals surface area contributed by atoms with Gasteiger partial charge in [-0.25, -0.2) is 4.98 Å². The quantitative estimate of drug-likeness (QED) is 0.881. The van der Waals surface area contributed by atoms with Crippen molar-refractivity contribution in [3.63, 3.8) is 0 Å². The molecule has 0 amide bonds. The van der Waals surface area contributed by atoms with E-state index < -0.39 is 0 Å². The van der Waals surface area contributed by atoms with Crippen molar-refractivity contribution in [2.45, 2.75) is 6.54 Å². The number of ether oxygens (including phenoxy) is 3. The molecule has 0 spiro atoms. The Hall–Kier alpha value is -2.34. The molecule has 0 aliphatic carbocycles. The maximum absolute atomic E-state index is 5.53.